The highest BCUT2D eigenvalue weighted by atomic mass is 35.5. The third kappa shape index (κ3) is 7.58. The van der Waals surface area contributed by atoms with Gasteiger partial charge in [-0.1, -0.05) is 94.6 Å². The summed E-state index contributed by atoms with van der Waals surface area (Å²) in [6, 6.07) is 24.0. The number of piperidine rings is 1. The largest absolute Gasteiger partial charge is 0.399 e. The summed E-state index contributed by atoms with van der Waals surface area (Å²) < 4.78 is 6.10. The Balaban J connectivity index is 1.44. The topological polar surface area (TPSA) is 54.3 Å². The number of hydrogen-bond acceptors (Lipinski definition) is 5. The molecule has 3 aromatic rings. The molecule has 1 aliphatic heterocycles. The van der Waals surface area contributed by atoms with E-state index in [0.717, 1.165) is 48.5 Å². The summed E-state index contributed by atoms with van der Waals surface area (Å²) in [5.74, 6) is -0.0582. The SMILES string of the molecule is CO/N=C(\COCc1cccc(C)c1)C(CCN1CCC(O)(c2ccccc2)CC1)c1ccc(Cl)c(Cl)c1. The van der Waals surface area contributed by atoms with Gasteiger partial charge in [0.05, 0.1) is 34.6 Å². The van der Waals surface area contributed by atoms with Crippen molar-refractivity contribution in [3.05, 3.63) is 105 Å². The molecular weight excluding hydrogens is 519 g/mol. The van der Waals surface area contributed by atoms with Gasteiger partial charge >= 0.3 is 0 Å². The fourth-order valence-corrected chi connectivity index (χ4v) is 5.44. The number of hydrogen-bond donors (Lipinski definition) is 1. The maximum atomic E-state index is 11.2. The molecule has 1 saturated heterocycles. The van der Waals surface area contributed by atoms with Gasteiger partial charge in [0, 0.05) is 19.0 Å². The highest BCUT2D eigenvalue weighted by Crippen LogP contribution is 2.34. The lowest BCUT2D eigenvalue weighted by molar-refractivity contribution is -0.0261. The summed E-state index contributed by atoms with van der Waals surface area (Å²) in [5.41, 5.74) is 4.36. The lowest BCUT2D eigenvalue weighted by atomic mass is 9.84. The molecule has 1 atom stereocenters. The maximum Gasteiger partial charge on any atom is 0.106 e. The van der Waals surface area contributed by atoms with Crippen molar-refractivity contribution in [1.29, 1.82) is 0 Å². The molecule has 0 spiro atoms. The Morgan fingerprint density at radius 1 is 1.00 bits per heavy atom. The van der Waals surface area contributed by atoms with Gasteiger partial charge in [-0.15, -0.1) is 0 Å². The number of aliphatic hydroxyl groups is 1. The molecule has 0 aliphatic carbocycles. The number of benzene rings is 3. The molecule has 1 unspecified atom stereocenters. The fraction of sp³-hybridized carbons (Fsp3) is 0.387. The molecule has 202 valence electrons. The zero-order valence-electron chi connectivity index (χ0n) is 22.1. The van der Waals surface area contributed by atoms with Gasteiger partial charge in [0.1, 0.15) is 7.11 Å². The van der Waals surface area contributed by atoms with Crippen LogP contribution in [0.25, 0.3) is 0 Å². The Labute approximate surface area is 236 Å². The van der Waals surface area contributed by atoms with Crippen LogP contribution in [0.4, 0.5) is 0 Å². The van der Waals surface area contributed by atoms with Crippen LogP contribution < -0.4 is 0 Å². The summed E-state index contributed by atoms with van der Waals surface area (Å²) in [7, 11) is 1.56. The molecule has 5 nitrogen and oxygen atoms in total. The lowest BCUT2D eigenvalue weighted by Crippen LogP contribution is -2.43. The first-order valence-corrected chi connectivity index (χ1v) is 13.8. The Hall–Kier alpha value is -2.41. The van der Waals surface area contributed by atoms with Crippen LogP contribution in [-0.2, 0) is 21.8 Å². The van der Waals surface area contributed by atoms with Gasteiger partial charge < -0.3 is 19.6 Å². The number of halogens is 2. The fourth-order valence-electron chi connectivity index (χ4n) is 5.13. The zero-order valence-corrected chi connectivity index (χ0v) is 23.6. The second kappa shape index (κ2) is 13.6. The molecule has 4 rings (SSSR count). The van der Waals surface area contributed by atoms with E-state index in [0.29, 0.717) is 36.1 Å². The predicted molar refractivity (Wildman–Crippen MR) is 155 cm³/mol. The third-order valence-corrected chi connectivity index (χ3v) is 8.03. The number of oxime groups is 1. The van der Waals surface area contributed by atoms with Crippen LogP contribution in [0.2, 0.25) is 10.0 Å². The summed E-state index contributed by atoms with van der Waals surface area (Å²) >= 11 is 12.6. The van der Waals surface area contributed by atoms with Crippen molar-refractivity contribution in [3.63, 3.8) is 0 Å². The number of aryl methyl sites for hydroxylation is 1. The average Bonchev–Trinajstić information content (AvgIpc) is 2.92. The summed E-state index contributed by atoms with van der Waals surface area (Å²) in [5, 5.41) is 16.6. The molecule has 0 radical (unpaired) electrons. The van der Waals surface area contributed by atoms with Crippen LogP contribution in [0.5, 0.6) is 0 Å². The first-order valence-electron chi connectivity index (χ1n) is 13.1. The van der Waals surface area contributed by atoms with Crippen molar-refractivity contribution in [3.8, 4) is 0 Å². The van der Waals surface area contributed by atoms with Crippen molar-refractivity contribution in [2.24, 2.45) is 5.16 Å². The molecular formula is C31H36Cl2N2O3. The van der Waals surface area contributed by atoms with Crippen LogP contribution in [0, 0.1) is 6.92 Å². The van der Waals surface area contributed by atoms with E-state index in [4.69, 9.17) is 32.8 Å². The van der Waals surface area contributed by atoms with Gasteiger partial charge in [-0.2, -0.15) is 0 Å². The standard InChI is InChI=1S/C31H36Cl2N2O3/c1-23-7-6-8-24(19-23)21-38-22-30(34-37-2)27(25-11-12-28(32)29(33)20-25)13-16-35-17-14-31(36,15-18-35)26-9-4-3-5-10-26/h3-12,19-20,27,36H,13-18,21-22H2,1-2H3/b34-30+. The van der Waals surface area contributed by atoms with Crippen molar-refractivity contribution >= 4 is 28.9 Å². The second-order valence-electron chi connectivity index (χ2n) is 10.0. The number of nitrogens with zero attached hydrogens (tertiary/aromatic N) is 2. The maximum absolute atomic E-state index is 11.2. The van der Waals surface area contributed by atoms with Gasteiger partial charge in [0.2, 0.25) is 0 Å². The lowest BCUT2D eigenvalue weighted by Gasteiger charge is -2.39. The zero-order chi connectivity index (χ0) is 27.0. The molecule has 7 heteroatoms. The summed E-state index contributed by atoms with van der Waals surface area (Å²) in [4.78, 5) is 7.66. The molecule has 1 fully saturated rings. The van der Waals surface area contributed by atoms with Crippen molar-refractivity contribution < 1.29 is 14.7 Å². The molecule has 0 bridgehead atoms. The Kier molecular flexibility index (Phi) is 10.2. The normalized spacial score (nSPS) is 16.8. The minimum atomic E-state index is -0.771. The van der Waals surface area contributed by atoms with Crippen molar-refractivity contribution in [2.45, 2.75) is 44.3 Å². The second-order valence-corrected chi connectivity index (χ2v) is 10.8. The average molecular weight is 556 g/mol. The minimum Gasteiger partial charge on any atom is -0.399 e. The van der Waals surface area contributed by atoms with Crippen LogP contribution in [0.15, 0.2) is 78.0 Å². The molecule has 3 aromatic carbocycles. The van der Waals surface area contributed by atoms with Crippen LogP contribution >= 0.6 is 23.2 Å². The molecule has 1 heterocycles. The Morgan fingerprint density at radius 2 is 1.76 bits per heavy atom. The van der Waals surface area contributed by atoms with Crippen LogP contribution in [-0.4, -0.2) is 49.1 Å². The summed E-state index contributed by atoms with van der Waals surface area (Å²) in [6.45, 7) is 5.38. The van der Waals surface area contributed by atoms with E-state index in [9.17, 15) is 5.11 Å². The van der Waals surface area contributed by atoms with Gasteiger partial charge in [-0.25, -0.2) is 0 Å². The number of rotatable bonds is 11. The Morgan fingerprint density at radius 3 is 2.45 bits per heavy atom. The van der Waals surface area contributed by atoms with Gasteiger partial charge in [-0.3, -0.25) is 0 Å². The van der Waals surface area contributed by atoms with E-state index >= 15 is 0 Å². The monoisotopic (exact) mass is 554 g/mol. The molecule has 1 aliphatic rings. The van der Waals surface area contributed by atoms with E-state index in [1.807, 2.05) is 54.6 Å². The predicted octanol–water partition coefficient (Wildman–Crippen LogP) is 6.98. The van der Waals surface area contributed by atoms with Gasteiger partial charge in [0.25, 0.3) is 0 Å². The smallest absolute Gasteiger partial charge is 0.106 e. The number of likely N-dealkylation sites (tertiary alicyclic amines) is 1. The quantitative estimate of drug-likeness (QED) is 0.205. The van der Waals surface area contributed by atoms with Crippen LogP contribution in [0.3, 0.4) is 0 Å². The van der Waals surface area contributed by atoms with E-state index in [2.05, 4.69) is 35.2 Å². The first-order chi connectivity index (χ1) is 18.4. The van der Waals surface area contributed by atoms with Crippen molar-refractivity contribution in [1.82, 2.24) is 4.90 Å². The Bertz CT molecular complexity index is 1210. The first kappa shape index (κ1) is 28.6. The minimum absolute atomic E-state index is 0.0582. The highest BCUT2D eigenvalue weighted by Gasteiger charge is 2.34. The van der Waals surface area contributed by atoms with E-state index in [1.54, 1.807) is 7.11 Å². The highest BCUT2D eigenvalue weighted by molar-refractivity contribution is 6.42. The summed E-state index contributed by atoms with van der Waals surface area (Å²) in [6.07, 6.45) is 2.21. The van der Waals surface area contributed by atoms with E-state index < -0.39 is 5.60 Å². The van der Waals surface area contributed by atoms with Gasteiger partial charge in [-0.05, 0) is 61.6 Å². The van der Waals surface area contributed by atoms with E-state index in [1.165, 1.54) is 5.56 Å². The van der Waals surface area contributed by atoms with Crippen LogP contribution in [0.1, 0.15) is 47.4 Å². The molecule has 38 heavy (non-hydrogen) atoms. The van der Waals surface area contributed by atoms with E-state index in [-0.39, 0.29) is 5.92 Å². The molecule has 0 amide bonds. The van der Waals surface area contributed by atoms with Gasteiger partial charge in [0.15, 0.2) is 0 Å². The molecule has 0 aromatic heterocycles. The third-order valence-electron chi connectivity index (χ3n) is 7.29. The van der Waals surface area contributed by atoms with Crippen molar-refractivity contribution in [2.75, 3.05) is 33.4 Å². The molecule has 1 N–H and O–H groups in total. The molecule has 0 saturated carbocycles. The number of ether oxygens (including phenoxy) is 1.